The molecule has 0 unspecified atom stereocenters. The van der Waals surface area contributed by atoms with Crippen LogP contribution in [0.3, 0.4) is 0 Å². The number of para-hydroxylation sites is 1. The van der Waals surface area contributed by atoms with E-state index in [-0.39, 0.29) is 23.7 Å². The Morgan fingerprint density at radius 1 is 1.40 bits per heavy atom. The van der Waals surface area contributed by atoms with E-state index in [1.807, 2.05) is 30.3 Å². The summed E-state index contributed by atoms with van der Waals surface area (Å²) in [5, 5.41) is 2.91. The van der Waals surface area contributed by atoms with Gasteiger partial charge in [-0.05, 0) is 26.0 Å². The van der Waals surface area contributed by atoms with Crippen LogP contribution in [0.15, 0.2) is 30.3 Å². The molecule has 1 aliphatic rings. The average molecular weight is 295 g/mol. The number of hydrogen-bond acceptors (Lipinski definition) is 2. The van der Waals surface area contributed by atoms with E-state index in [9.17, 15) is 9.59 Å². The van der Waals surface area contributed by atoms with Crippen molar-refractivity contribution in [1.29, 1.82) is 0 Å². The highest BCUT2D eigenvalue weighted by atomic mass is 35.5. The molecule has 20 heavy (non-hydrogen) atoms. The predicted molar refractivity (Wildman–Crippen MR) is 79.8 cm³/mol. The summed E-state index contributed by atoms with van der Waals surface area (Å²) in [7, 11) is 0. The van der Waals surface area contributed by atoms with Gasteiger partial charge in [-0.2, -0.15) is 0 Å². The highest BCUT2D eigenvalue weighted by Gasteiger charge is 2.34. The lowest BCUT2D eigenvalue weighted by Crippen LogP contribution is -2.44. The topological polar surface area (TPSA) is 49.4 Å². The van der Waals surface area contributed by atoms with Crippen LogP contribution in [-0.2, 0) is 9.59 Å². The van der Waals surface area contributed by atoms with Gasteiger partial charge in [-0.1, -0.05) is 18.2 Å². The number of amides is 2. The van der Waals surface area contributed by atoms with Crippen molar-refractivity contribution in [2.75, 3.05) is 17.3 Å². The average Bonchev–Trinajstić information content (AvgIpc) is 2.80. The molecule has 4 nitrogen and oxygen atoms in total. The molecule has 0 saturated carbocycles. The normalized spacial score (nSPS) is 19.2. The van der Waals surface area contributed by atoms with E-state index >= 15 is 0 Å². The van der Waals surface area contributed by atoms with Crippen molar-refractivity contribution in [3.05, 3.63) is 30.3 Å². The van der Waals surface area contributed by atoms with Crippen LogP contribution >= 0.6 is 11.6 Å². The van der Waals surface area contributed by atoms with Gasteiger partial charge in [0.25, 0.3) is 0 Å². The molecule has 108 valence electrons. The number of nitrogens with zero attached hydrogens (tertiary/aromatic N) is 1. The molecular formula is C15H19ClN2O2. The molecule has 0 radical (unpaired) electrons. The van der Waals surface area contributed by atoms with Crippen LogP contribution in [-0.4, -0.2) is 30.3 Å². The SMILES string of the molecule is CC(C)(CCl)C(=O)N[C@H]1CC(=O)N(c2ccccc2)C1. The maximum atomic E-state index is 12.1. The minimum atomic E-state index is -0.620. The monoisotopic (exact) mass is 294 g/mol. The lowest BCUT2D eigenvalue weighted by Gasteiger charge is -2.23. The Kier molecular flexibility index (Phi) is 4.33. The molecule has 5 heteroatoms. The summed E-state index contributed by atoms with van der Waals surface area (Å²) < 4.78 is 0. The van der Waals surface area contributed by atoms with Gasteiger partial charge in [0.1, 0.15) is 0 Å². The van der Waals surface area contributed by atoms with Crippen LogP contribution in [0.1, 0.15) is 20.3 Å². The molecule has 0 aliphatic carbocycles. The van der Waals surface area contributed by atoms with E-state index in [0.717, 1.165) is 5.69 Å². The number of carbonyl (C=O) groups excluding carboxylic acids is 2. The fourth-order valence-electron chi connectivity index (χ4n) is 2.10. The van der Waals surface area contributed by atoms with E-state index in [1.165, 1.54) is 0 Å². The Bertz CT molecular complexity index is 502. The third-order valence-electron chi connectivity index (χ3n) is 3.48. The molecular weight excluding hydrogens is 276 g/mol. The molecule has 1 N–H and O–H groups in total. The van der Waals surface area contributed by atoms with Crippen LogP contribution in [0.4, 0.5) is 5.69 Å². The first-order valence-electron chi connectivity index (χ1n) is 6.66. The van der Waals surface area contributed by atoms with Gasteiger partial charge < -0.3 is 10.2 Å². The zero-order chi connectivity index (χ0) is 14.8. The Morgan fingerprint density at radius 3 is 2.65 bits per heavy atom. The minimum absolute atomic E-state index is 0.0326. The minimum Gasteiger partial charge on any atom is -0.351 e. The highest BCUT2D eigenvalue weighted by molar-refractivity contribution is 6.19. The van der Waals surface area contributed by atoms with Gasteiger partial charge >= 0.3 is 0 Å². The Labute approximate surface area is 124 Å². The van der Waals surface area contributed by atoms with E-state index < -0.39 is 5.41 Å². The standard InChI is InChI=1S/C15H19ClN2O2/c1-15(2,10-16)14(20)17-11-8-13(19)18(9-11)12-6-4-3-5-7-12/h3-7,11H,8-10H2,1-2H3,(H,17,20)/t11-/m0/s1. The number of carbonyl (C=O) groups is 2. The fraction of sp³-hybridized carbons (Fsp3) is 0.467. The van der Waals surface area contributed by atoms with Gasteiger partial charge in [-0.25, -0.2) is 0 Å². The number of alkyl halides is 1. The second-order valence-corrected chi connectivity index (χ2v) is 6.00. The first kappa shape index (κ1) is 14.9. The lowest BCUT2D eigenvalue weighted by molar-refractivity contribution is -0.128. The molecule has 2 rings (SSSR count). The first-order chi connectivity index (χ1) is 9.44. The van der Waals surface area contributed by atoms with Crippen molar-refractivity contribution >= 4 is 29.1 Å². The maximum Gasteiger partial charge on any atom is 0.229 e. The van der Waals surface area contributed by atoms with Crippen LogP contribution < -0.4 is 10.2 Å². The molecule has 0 spiro atoms. The molecule has 1 aromatic rings. The van der Waals surface area contributed by atoms with Gasteiger partial charge in [0, 0.05) is 24.5 Å². The van der Waals surface area contributed by atoms with Gasteiger partial charge in [0.15, 0.2) is 0 Å². The molecule has 2 amide bonds. The highest BCUT2D eigenvalue weighted by Crippen LogP contribution is 2.23. The molecule has 0 bridgehead atoms. The zero-order valence-electron chi connectivity index (χ0n) is 11.7. The third-order valence-corrected chi connectivity index (χ3v) is 4.15. The number of nitrogens with one attached hydrogen (secondary N) is 1. The van der Waals surface area contributed by atoms with Crippen LogP contribution in [0, 0.1) is 5.41 Å². The zero-order valence-corrected chi connectivity index (χ0v) is 12.5. The van der Waals surface area contributed by atoms with Gasteiger partial charge in [0.05, 0.1) is 11.5 Å². The van der Waals surface area contributed by atoms with Crippen molar-refractivity contribution in [3.8, 4) is 0 Å². The van der Waals surface area contributed by atoms with Crippen molar-refractivity contribution in [1.82, 2.24) is 5.32 Å². The predicted octanol–water partition coefficient (Wildman–Crippen LogP) is 2.17. The third kappa shape index (κ3) is 3.12. The molecule has 1 aliphatic heterocycles. The molecule has 1 aromatic carbocycles. The number of rotatable bonds is 4. The van der Waals surface area contributed by atoms with E-state index in [0.29, 0.717) is 13.0 Å². The van der Waals surface area contributed by atoms with Crippen molar-refractivity contribution in [2.45, 2.75) is 26.3 Å². The number of benzene rings is 1. The van der Waals surface area contributed by atoms with Crippen LogP contribution in [0.25, 0.3) is 0 Å². The number of hydrogen-bond donors (Lipinski definition) is 1. The summed E-state index contributed by atoms with van der Waals surface area (Å²) in [6.07, 6.45) is 0.332. The first-order valence-corrected chi connectivity index (χ1v) is 7.20. The maximum absolute atomic E-state index is 12.1. The molecule has 1 fully saturated rings. The summed E-state index contributed by atoms with van der Waals surface area (Å²) in [5.41, 5.74) is 0.246. The Hall–Kier alpha value is -1.55. The van der Waals surface area contributed by atoms with E-state index in [4.69, 9.17) is 11.6 Å². The summed E-state index contributed by atoms with van der Waals surface area (Å²) in [6.45, 7) is 4.09. The Morgan fingerprint density at radius 2 is 2.05 bits per heavy atom. The molecule has 1 heterocycles. The van der Waals surface area contributed by atoms with E-state index in [2.05, 4.69) is 5.32 Å². The van der Waals surface area contributed by atoms with E-state index in [1.54, 1.807) is 18.7 Å². The molecule has 1 saturated heterocycles. The summed E-state index contributed by atoms with van der Waals surface area (Å²) >= 11 is 5.79. The van der Waals surface area contributed by atoms with Crippen molar-refractivity contribution in [2.24, 2.45) is 5.41 Å². The largest absolute Gasteiger partial charge is 0.351 e. The van der Waals surface area contributed by atoms with Crippen molar-refractivity contribution < 1.29 is 9.59 Å². The number of halogens is 1. The van der Waals surface area contributed by atoms with Gasteiger partial charge in [-0.15, -0.1) is 11.6 Å². The van der Waals surface area contributed by atoms with Crippen LogP contribution in [0.2, 0.25) is 0 Å². The smallest absolute Gasteiger partial charge is 0.229 e. The Balaban J connectivity index is 2.01. The van der Waals surface area contributed by atoms with Crippen molar-refractivity contribution in [3.63, 3.8) is 0 Å². The van der Waals surface area contributed by atoms with Gasteiger partial charge in [0.2, 0.25) is 11.8 Å². The van der Waals surface area contributed by atoms with Crippen LogP contribution in [0.5, 0.6) is 0 Å². The quantitative estimate of drug-likeness (QED) is 0.865. The van der Waals surface area contributed by atoms with Gasteiger partial charge in [-0.3, -0.25) is 9.59 Å². The summed E-state index contributed by atoms with van der Waals surface area (Å²) in [4.78, 5) is 25.8. The summed E-state index contributed by atoms with van der Waals surface area (Å²) in [6, 6.07) is 9.33. The second kappa shape index (κ2) is 5.83. The fourth-order valence-corrected chi connectivity index (χ4v) is 2.22. The lowest BCUT2D eigenvalue weighted by atomic mass is 9.95. The second-order valence-electron chi connectivity index (χ2n) is 5.73. The summed E-state index contributed by atoms with van der Waals surface area (Å²) in [5.74, 6) is 0.174. The molecule has 1 atom stereocenters. The molecule has 0 aromatic heterocycles. The number of anilines is 1.